The first kappa shape index (κ1) is 16.1. The van der Waals surface area contributed by atoms with Crippen LogP contribution in [-0.2, 0) is 19.6 Å². The molecule has 112 valence electrons. The number of carbonyl (C=O) groups excluding carboxylic acids is 1. The minimum absolute atomic E-state index is 0.0633. The van der Waals surface area contributed by atoms with Gasteiger partial charge in [0.15, 0.2) is 0 Å². The summed E-state index contributed by atoms with van der Waals surface area (Å²) in [5.74, 6) is -1.21. The van der Waals surface area contributed by atoms with Crippen molar-refractivity contribution in [2.45, 2.75) is 13.3 Å². The molecule has 0 bridgehead atoms. The lowest BCUT2D eigenvalue weighted by molar-refractivity contribution is -0.140. The summed E-state index contributed by atoms with van der Waals surface area (Å²) in [6, 6.07) is 4.50. The van der Waals surface area contributed by atoms with Gasteiger partial charge in [0.25, 0.3) is 0 Å². The number of phenolic OH excluding ortho intramolecular Hbond substituents is 1. The number of benzene rings is 1. The van der Waals surface area contributed by atoms with Gasteiger partial charge in [0.05, 0.1) is 25.0 Å². The molecule has 3 N–H and O–H groups in total. The predicted octanol–water partition coefficient (Wildman–Crippen LogP) is 1.13. The topological polar surface area (TPSA) is 105 Å². The molecule has 0 heterocycles. The molecule has 0 spiro atoms. The van der Waals surface area contributed by atoms with Gasteiger partial charge >= 0.3 is 5.97 Å². The predicted molar refractivity (Wildman–Crippen MR) is 76.3 cm³/mol. The molecule has 20 heavy (non-hydrogen) atoms. The SMILES string of the molecule is CCNc1ccc(O)c(NS(=O)(=O)CCC(=O)OC)c1. The van der Waals surface area contributed by atoms with Gasteiger partial charge in [-0.2, -0.15) is 0 Å². The van der Waals surface area contributed by atoms with Crippen molar-refractivity contribution in [3.05, 3.63) is 18.2 Å². The number of phenols is 1. The quantitative estimate of drug-likeness (QED) is 0.396. The average molecular weight is 302 g/mol. The van der Waals surface area contributed by atoms with Crippen molar-refractivity contribution in [2.24, 2.45) is 0 Å². The lowest BCUT2D eigenvalue weighted by atomic mass is 10.2. The van der Waals surface area contributed by atoms with E-state index in [0.29, 0.717) is 12.2 Å². The number of sulfonamides is 1. The number of aromatic hydroxyl groups is 1. The van der Waals surface area contributed by atoms with Gasteiger partial charge in [0.2, 0.25) is 10.0 Å². The molecule has 0 aliphatic carbocycles. The maximum absolute atomic E-state index is 11.8. The molecule has 0 aromatic heterocycles. The van der Waals surface area contributed by atoms with Crippen LogP contribution in [0.1, 0.15) is 13.3 Å². The summed E-state index contributed by atoms with van der Waals surface area (Å²) in [6.45, 7) is 2.56. The van der Waals surface area contributed by atoms with Crippen LogP contribution in [0.4, 0.5) is 11.4 Å². The minimum atomic E-state index is -3.73. The highest BCUT2D eigenvalue weighted by Gasteiger charge is 2.15. The number of ether oxygens (including phenoxy) is 1. The van der Waals surface area contributed by atoms with E-state index in [2.05, 4.69) is 14.8 Å². The molecular formula is C12H18N2O5S. The van der Waals surface area contributed by atoms with Crippen LogP contribution in [0, 0.1) is 0 Å². The number of esters is 1. The van der Waals surface area contributed by atoms with Crippen molar-refractivity contribution >= 4 is 27.4 Å². The third-order valence-corrected chi connectivity index (χ3v) is 3.72. The summed E-state index contributed by atoms with van der Waals surface area (Å²) < 4.78 is 30.2. The Morgan fingerprint density at radius 3 is 2.70 bits per heavy atom. The minimum Gasteiger partial charge on any atom is -0.506 e. The molecule has 0 radical (unpaired) electrons. The van der Waals surface area contributed by atoms with Crippen molar-refractivity contribution in [3.63, 3.8) is 0 Å². The van der Waals surface area contributed by atoms with E-state index in [1.807, 2.05) is 6.92 Å². The highest BCUT2D eigenvalue weighted by molar-refractivity contribution is 7.92. The number of nitrogens with one attached hydrogen (secondary N) is 2. The first-order valence-electron chi connectivity index (χ1n) is 6.02. The van der Waals surface area contributed by atoms with Gasteiger partial charge < -0.3 is 15.2 Å². The standard InChI is InChI=1S/C12H18N2O5S/c1-3-13-9-4-5-11(15)10(8-9)14-20(17,18)7-6-12(16)19-2/h4-5,8,13-15H,3,6-7H2,1-2H3. The Balaban J connectivity index is 2.80. The van der Waals surface area contributed by atoms with Gasteiger partial charge in [-0.15, -0.1) is 0 Å². The fourth-order valence-electron chi connectivity index (χ4n) is 1.47. The molecule has 0 aliphatic rings. The van der Waals surface area contributed by atoms with E-state index in [-0.39, 0.29) is 17.9 Å². The molecule has 1 rings (SSSR count). The lowest BCUT2D eigenvalue weighted by Crippen LogP contribution is -2.19. The number of hydrogen-bond acceptors (Lipinski definition) is 6. The van der Waals surface area contributed by atoms with Gasteiger partial charge in [-0.3, -0.25) is 9.52 Å². The molecule has 8 heteroatoms. The van der Waals surface area contributed by atoms with E-state index in [4.69, 9.17) is 0 Å². The Morgan fingerprint density at radius 1 is 1.40 bits per heavy atom. The Labute approximate surface area is 118 Å². The maximum Gasteiger partial charge on any atom is 0.306 e. The fraction of sp³-hybridized carbons (Fsp3) is 0.417. The summed E-state index contributed by atoms with van der Waals surface area (Å²) in [6.07, 6.45) is -0.251. The Hall–Kier alpha value is -1.96. The second-order valence-electron chi connectivity index (χ2n) is 4.01. The van der Waals surface area contributed by atoms with Crippen LogP contribution in [0.3, 0.4) is 0 Å². The summed E-state index contributed by atoms with van der Waals surface area (Å²) in [7, 11) is -2.54. The number of rotatable bonds is 7. The van der Waals surface area contributed by atoms with Crippen LogP contribution in [0.25, 0.3) is 0 Å². The molecule has 0 saturated carbocycles. The van der Waals surface area contributed by atoms with E-state index in [1.54, 1.807) is 6.07 Å². The third-order valence-electron chi connectivity index (χ3n) is 2.45. The summed E-state index contributed by atoms with van der Waals surface area (Å²) in [4.78, 5) is 10.9. The second kappa shape index (κ2) is 6.99. The zero-order valence-corrected chi connectivity index (χ0v) is 12.2. The molecule has 0 fully saturated rings. The van der Waals surface area contributed by atoms with Crippen LogP contribution in [0.5, 0.6) is 5.75 Å². The van der Waals surface area contributed by atoms with Gasteiger partial charge in [0.1, 0.15) is 5.75 Å². The van der Waals surface area contributed by atoms with E-state index in [9.17, 15) is 18.3 Å². The normalized spacial score (nSPS) is 10.9. The highest BCUT2D eigenvalue weighted by Crippen LogP contribution is 2.27. The van der Waals surface area contributed by atoms with Gasteiger partial charge in [-0.25, -0.2) is 8.42 Å². The summed E-state index contributed by atoms with van der Waals surface area (Å²) in [5.41, 5.74) is 0.740. The number of hydrogen-bond donors (Lipinski definition) is 3. The van der Waals surface area contributed by atoms with Crippen LogP contribution >= 0.6 is 0 Å². The first-order valence-corrected chi connectivity index (χ1v) is 7.67. The van der Waals surface area contributed by atoms with E-state index < -0.39 is 21.7 Å². The largest absolute Gasteiger partial charge is 0.506 e. The smallest absolute Gasteiger partial charge is 0.306 e. The zero-order chi connectivity index (χ0) is 15.2. The molecule has 0 saturated heterocycles. The molecule has 1 aromatic rings. The van der Waals surface area contributed by atoms with Gasteiger partial charge in [0, 0.05) is 12.2 Å². The van der Waals surface area contributed by atoms with Crippen molar-refractivity contribution in [1.29, 1.82) is 0 Å². The Kier molecular flexibility index (Phi) is 5.63. The molecule has 7 nitrogen and oxygen atoms in total. The molecular weight excluding hydrogens is 284 g/mol. The highest BCUT2D eigenvalue weighted by atomic mass is 32.2. The molecule has 0 unspecified atom stereocenters. The van der Waals surface area contributed by atoms with Crippen molar-refractivity contribution in [1.82, 2.24) is 0 Å². The number of methoxy groups -OCH3 is 1. The molecule has 0 aliphatic heterocycles. The van der Waals surface area contributed by atoms with Crippen LogP contribution in [-0.4, -0.2) is 38.9 Å². The average Bonchev–Trinajstić information content (AvgIpc) is 2.40. The Bertz CT molecular complexity index is 571. The van der Waals surface area contributed by atoms with Crippen molar-refractivity contribution in [3.8, 4) is 5.75 Å². The first-order chi connectivity index (χ1) is 9.38. The fourth-order valence-corrected chi connectivity index (χ4v) is 2.51. The van der Waals surface area contributed by atoms with Crippen LogP contribution in [0.2, 0.25) is 0 Å². The van der Waals surface area contributed by atoms with E-state index >= 15 is 0 Å². The van der Waals surface area contributed by atoms with E-state index in [0.717, 1.165) is 0 Å². The second-order valence-corrected chi connectivity index (χ2v) is 5.85. The monoisotopic (exact) mass is 302 g/mol. The molecule has 0 atom stereocenters. The number of carbonyl (C=O) groups is 1. The van der Waals surface area contributed by atoms with Crippen LogP contribution < -0.4 is 10.0 Å². The zero-order valence-electron chi connectivity index (χ0n) is 11.3. The maximum atomic E-state index is 11.8. The van der Waals surface area contributed by atoms with E-state index in [1.165, 1.54) is 19.2 Å². The van der Waals surface area contributed by atoms with Crippen molar-refractivity contribution in [2.75, 3.05) is 29.4 Å². The van der Waals surface area contributed by atoms with Crippen LogP contribution in [0.15, 0.2) is 18.2 Å². The number of anilines is 2. The lowest BCUT2D eigenvalue weighted by Gasteiger charge is -2.11. The third kappa shape index (κ3) is 4.96. The Morgan fingerprint density at radius 2 is 2.10 bits per heavy atom. The van der Waals surface area contributed by atoms with Gasteiger partial charge in [-0.1, -0.05) is 0 Å². The molecule has 0 amide bonds. The van der Waals surface area contributed by atoms with Gasteiger partial charge in [-0.05, 0) is 25.1 Å². The molecule has 1 aromatic carbocycles. The summed E-state index contributed by atoms with van der Waals surface area (Å²) >= 11 is 0. The summed E-state index contributed by atoms with van der Waals surface area (Å²) in [5, 5.41) is 12.6. The van der Waals surface area contributed by atoms with Crippen molar-refractivity contribution < 1.29 is 23.1 Å².